The number of ether oxygens (including phenoxy) is 1. The maximum atomic E-state index is 12.6. The molecule has 1 aliphatic heterocycles. The minimum Gasteiger partial charge on any atom is -0.496 e. The molecule has 0 aliphatic carbocycles. The summed E-state index contributed by atoms with van der Waals surface area (Å²) in [5.74, 6) is 0.597. The molecule has 3 rings (SSSR count). The molecular formula is C20H25BrN2O3S. The Balaban J connectivity index is 1.65. The van der Waals surface area contributed by atoms with Gasteiger partial charge in [0.1, 0.15) is 5.75 Å². The van der Waals surface area contributed by atoms with E-state index in [2.05, 4.69) is 37.7 Å². The van der Waals surface area contributed by atoms with Crippen LogP contribution < -0.4 is 9.46 Å². The summed E-state index contributed by atoms with van der Waals surface area (Å²) < 4.78 is 33.6. The molecule has 2 aromatic rings. The first-order valence-corrected chi connectivity index (χ1v) is 11.4. The lowest BCUT2D eigenvalue weighted by molar-refractivity contribution is 0.221. The van der Waals surface area contributed by atoms with E-state index in [0.29, 0.717) is 10.2 Å². The van der Waals surface area contributed by atoms with E-state index in [1.165, 1.54) is 24.8 Å². The minimum atomic E-state index is -3.59. The van der Waals surface area contributed by atoms with Crippen molar-refractivity contribution in [3.63, 3.8) is 0 Å². The number of nitrogens with zero attached hydrogens (tertiary/aromatic N) is 1. The van der Waals surface area contributed by atoms with Crippen LogP contribution >= 0.6 is 15.9 Å². The molecule has 0 spiro atoms. The summed E-state index contributed by atoms with van der Waals surface area (Å²) in [5, 5.41) is 0. The SMILES string of the molecule is COc1ccc(S(=O)(=O)NCc2cccc(CN3CCCCC3)c2)cc1Br. The third-order valence-electron chi connectivity index (χ3n) is 4.75. The van der Waals surface area contributed by atoms with Crippen LogP contribution in [0.1, 0.15) is 30.4 Å². The molecule has 1 saturated heterocycles. The zero-order valence-electron chi connectivity index (χ0n) is 15.4. The molecule has 0 unspecified atom stereocenters. The van der Waals surface area contributed by atoms with Crippen LogP contribution in [-0.2, 0) is 23.1 Å². The molecule has 146 valence electrons. The van der Waals surface area contributed by atoms with Crippen LogP contribution in [0.4, 0.5) is 0 Å². The summed E-state index contributed by atoms with van der Waals surface area (Å²) in [6.45, 7) is 3.47. The summed E-state index contributed by atoms with van der Waals surface area (Å²) in [6, 6.07) is 12.9. The van der Waals surface area contributed by atoms with Gasteiger partial charge >= 0.3 is 0 Å². The number of hydrogen-bond donors (Lipinski definition) is 1. The van der Waals surface area contributed by atoms with Crippen molar-refractivity contribution in [2.75, 3.05) is 20.2 Å². The highest BCUT2D eigenvalue weighted by molar-refractivity contribution is 9.10. The fraction of sp³-hybridized carbons (Fsp3) is 0.400. The second kappa shape index (κ2) is 9.19. The molecule has 0 atom stereocenters. The molecule has 0 bridgehead atoms. The number of halogens is 1. The van der Waals surface area contributed by atoms with E-state index in [4.69, 9.17) is 4.74 Å². The maximum Gasteiger partial charge on any atom is 0.240 e. The molecule has 7 heteroatoms. The van der Waals surface area contributed by atoms with Gasteiger partial charge in [0, 0.05) is 13.1 Å². The number of methoxy groups -OCH3 is 1. The average molecular weight is 453 g/mol. The Morgan fingerprint density at radius 3 is 2.52 bits per heavy atom. The molecule has 2 aromatic carbocycles. The Hall–Kier alpha value is -1.41. The molecule has 0 amide bonds. The Labute approximate surface area is 169 Å². The first kappa shape index (κ1) is 20.3. The lowest BCUT2D eigenvalue weighted by Gasteiger charge is -2.26. The monoisotopic (exact) mass is 452 g/mol. The van der Waals surface area contributed by atoms with E-state index in [9.17, 15) is 8.42 Å². The van der Waals surface area contributed by atoms with E-state index in [0.717, 1.165) is 25.2 Å². The molecule has 1 N–H and O–H groups in total. The highest BCUT2D eigenvalue weighted by Gasteiger charge is 2.16. The van der Waals surface area contributed by atoms with Gasteiger partial charge in [0.05, 0.1) is 16.5 Å². The van der Waals surface area contributed by atoms with Gasteiger partial charge in [-0.3, -0.25) is 4.90 Å². The molecule has 0 radical (unpaired) electrons. The highest BCUT2D eigenvalue weighted by Crippen LogP contribution is 2.27. The van der Waals surface area contributed by atoms with Crippen molar-refractivity contribution in [1.29, 1.82) is 0 Å². The van der Waals surface area contributed by atoms with E-state index < -0.39 is 10.0 Å². The lowest BCUT2D eigenvalue weighted by atomic mass is 10.1. The van der Waals surface area contributed by atoms with Crippen molar-refractivity contribution >= 4 is 26.0 Å². The Morgan fingerprint density at radius 2 is 1.81 bits per heavy atom. The van der Waals surface area contributed by atoms with Crippen LogP contribution in [0.3, 0.4) is 0 Å². The van der Waals surface area contributed by atoms with E-state index in [1.54, 1.807) is 25.3 Å². The molecule has 1 fully saturated rings. The second-order valence-corrected chi connectivity index (χ2v) is 9.40. The van der Waals surface area contributed by atoms with Gasteiger partial charge in [0.15, 0.2) is 0 Å². The van der Waals surface area contributed by atoms with Gasteiger partial charge in [-0.2, -0.15) is 0 Å². The topological polar surface area (TPSA) is 58.6 Å². The van der Waals surface area contributed by atoms with Crippen molar-refractivity contribution < 1.29 is 13.2 Å². The predicted molar refractivity (Wildman–Crippen MR) is 110 cm³/mol. The number of piperidine rings is 1. The largest absolute Gasteiger partial charge is 0.496 e. The lowest BCUT2D eigenvalue weighted by Crippen LogP contribution is -2.29. The quantitative estimate of drug-likeness (QED) is 0.691. The third kappa shape index (κ3) is 5.54. The van der Waals surface area contributed by atoms with Crippen molar-refractivity contribution in [3.05, 3.63) is 58.1 Å². The summed E-state index contributed by atoms with van der Waals surface area (Å²) in [7, 11) is -2.05. The summed E-state index contributed by atoms with van der Waals surface area (Å²) in [6.07, 6.45) is 3.84. The fourth-order valence-electron chi connectivity index (χ4n) is 3.29. The van der Waals surface area contributed by atoms with Crippen molar-refractivity contribution in [2.24, 2.45) is 0 Å². The number of hydrogen-bond acceptors (Lipinski definition) is 4. The van der Waals surface area contributed by atoms with Crippen molar-refractivity contribution in [3.8, 4) is 5.75 Å². The van der Waals surface area contributed by atoms with Crippen LogP contribution in [0.2, 0.25) is 0 Å². The molecule has 0 saturated carbocycles. The third-order valence-corrected chi connectivity index (χ3v) is 6.76. The van der Waals surface area contributed by atoms with Gasteiger partial charge in [0.25, 0.3) is 0 Å². The molecule has 27 heavy (non-hydrogen) atoms. The molecule has 1 heterocycles. The highest BCUT2D eigenvalue weighted by atomic mass is 79.9. The van der Waals surface area contributed by atoms with Gasteiger partial charge in [-0.1, -0.05) is 30.7 Å². The number of likely N-dealkylation sites (tertiary alicyclic amines) is 1. The smallest absolute Gasteiger partial charge is 0.240 e. The van der Waals surface area contributed by atoms with Crippen LogP contribution in [0.25, 0.3) is 0 Å². The second-order valence-electron chi connectivity index (χ2n) is 6.78. The summed E-state index contributed by atoms with van der Waals surface area (Å²) in [5.41, 5.74) is 2.18. The van der Waals surface area contributed by atoms with Crippen molar-refractivity contribution in [1.82, 2.24) is 9.62 Å². The fourth-order valence-corrected chi connectivity index (χ4v) is 5.03. The Bertz CT molecular complexity index is 881. The normalized spacial score (nSPS) is 15.6. The minimum absolute atomic E-state index is 0.208. The van der Waals surface area contributed by atoms with Gasteiger partial charge in [-0.25, -0.2) is 13.1 Å². The van der Waals surface area contributed by atoms with E-state index >= 15 is 0 Å². The molecule has 0 aromatic heterocycles. The standard InChI is InChI=1S/C20H25BrN2O3S/c1-26-20-9-8-18(13-19(20)21)27(24,25)22-14-16-6-5-7-17(12-16)15-23-10-3-2-4-11-23/h5-9,12-13,22H,2-4,10-11,14-15H2,1H3. The van der Waals surface area contributed by atoms with Crippen molar-refractivity contribution in [2.45, 2.75) is 37.2 Å². The van der Waals surface area contributed by atoms with Gasteiger partial charge in [-0.15, -0.1) is 0 Å². The van der Waals surface area contributed by atoms with Gasteiger partial charge in [-0.05, 0) is 71.2 Å². The summed E-state index contributed by atoms with van der Waals surface area (Å²) in [4.78, 5) is 2.67. The van der Waals surface area contributed by atoms with Crippen LogP contribution in [0.5, 0.6) is 5.75 Å². The number of sulfonamides is 1. The van der Waals surface area contributed by atoms with Gasteiger partial charge in [0.2, 0.25) is 10.0 Å². The van der Waals surface area contributed by atoms with E-state index in [1.807, 2.05) is 12.1 Å². The zero-order chi connectivity index (χ0) is 19.3. The van der Waals surface area contributed by atoms with E-state index in [-0.39, 0.29) is 11.4 Å². The number of rotatable bonds is 7. The zero-order valence-corrected chi connectivity index (χ0v) is 17.9. The Kier molecular flexibility index (Phi) is 6.92. The van der Waals surface area contributed by atoms with Gasteiger partial charge < -0.3 is 4.74 Å². The molecular weight excluding hydrogens is 428 g/mol. The first-order valence-electron chi connectivity index (χ1n) is 9.11. The number of benzene rings is 2. The average Bonchev–Trinajstić information content (AvgIpc) is 2.67. The first-order chi connectivity index (χ1) is 13.0. The number of nitrogens with one attached hydrogen (secondary N) is 1. The predicted octanol–water partition coefficient (Wildman–Crippen LogP) is 3.92. The van der Waals surface area contributed by atoms with Crippen LogP contribution in [0, 0.1) is 0 Å². The summed E-state index contributed by atoms with van der Waals surface area (Å²) >= 11 is 3.33. The molecule has 5 nitrogen and oxygen atoms in total. The molecule has 1 aliphatic rings. The van der Waals surface area contributed by atoms with Crippen LogP contribution in [0.15, 0.2) is 51.8 Å². The Morgan fingerprint density at radius 1 is 1.07 bits per heavy atom. The van der Waals surface area contributed by atoms with Crippen LogP contribution in [-0.4, -0.2) is 33.5 Å². The maximum absolute atomic E-state index is 12.6.